The molecule has 1 aliphatic heterocycles. The Kier molecular flexibility index (Phi) is 4.31. The minimum absolute atomic E-state index is 0.00692. The number of amides is 1. The number of benzene rings is 1. The van der Waals surface area contributed by atoms with Crippen molar-refractivity contribution < 1.29 is 13.6 Å². The van der Waals surface area contributed by atoms with Gasteiger partial charge in [0.05, 0.1) is 10.8 Å². The lowest BCUT2D eigenvalue weighted by Crippen LogP contribution is -2.39. The monoisotopic (exact) mass is 357 g/mol. The highest BCUT2D eigenvalue weighted by Crippen LogP contribution is 2.30. The zero-order valence-corrected chi connectivity index (χ0v) is 14.2. The molecule has 0 N–H and O–H groups in total. The number of halogens is 1. The topological polar surface area (TPSA) is 59.2 Å². The van der Waals surface area contributed by atoms with Crippen molar-refractivity contribution in [2.75, 3.05) is 13.1 Å². The molecule has 0 unspecified atom stereocenters. The first kappa shape index (κ1) is 16.0. The van der Waals surface area contributed by atoms with E-state index in [4.69, 9.17) is 4.42 Å². The van der Waals surface area contributed by atoms with Crippen molar-refractivity contribution in [2.24, 2.45) is 0 Å². The molecular formula is C18H16FN3O2S. The minimum atomic E-state index is -0.406. The van der Waals surface area contributed by atoms with Crippen LogP contribution in [0.5, 0.6) is 0 Å². The molecule has 0 radical (unpaired) electrons. The molecule has 1 atom stereocenters. The van der Waals surface area contributed by atoms with Crippen LogP contribution < -0.4 is 0 Å². The number of hydrogen-bond donors (Lipinski definition) is 0. The molecular weight excluding hydrogens is 341 g/mol. The second kappa shape index (κ2) is 6.76. The number of piperidine rings is 1. The number of carbonyl (C=O) groups is 1. The van der Waals surface area contributed by atoms with Crippen LogP contribution in [0.4, 0.5) is 4.39 Å². The smallest absolute Gasteiger partial charge is 0.257 e. The number of nitrogens with zero attached hydrogens (tertiary/aromatic N) is 3. The van der Waals surface area contributed by atoms with Crippen molar-refractivity contribution in [1.29, 1.82) is 0 Å². The van der Waals surface area contributed by atoms with E-state index in [1.54, 1.807) is 28.4 Å². The lowest BCUT2D eigenvalue weighted by molar-refractivity contribution is 0.0698. The molecule has 1 saturated heterocycles. The van der Waals surface area contributed by atoms with Crippen LogP contribution in [0.2, 0.25) is 0 Å². The largest absolute Gasteiger partial charge is 0.420 e. The molecule has 0 bridgehead atoms. The predicted octanol–water partition coefficient (Wildman–Crippen LogP) is 3.96. The Hall–Kier alpha value is -2.54. The van der Waals surface area contributed by atoms with E-state index in [9.17, 15) is 9.18 Å². The molecule has 4 rings (SSSR count). The number of likely N-dealkylation sites (tertiary alicyclic amines) is 1. The van der Waals surface area contributed by atoms with E-state index in [2.05, 4.69) is 10.2 Å². The van der Waals surface area contributed by atoms with E-state index in [-0.39, 0.29) is 11.8 Å². The van der Waals surface area contributed by atoms with Gasteiger partial charge in [-0.05, 0) is 42.5 Å². The minimum Gasteiger partial charge on any atom is -0.420 e. The highest BCUT2D eigenvalue weighted by atomic mass is 32.1. The average molecular weight is 357 g/mol. The Morgan fingerprint density at radius 3 is 3.00 bits per heavy atom. The van der Waals surface area contributed by atoms with E-state index in [1.807, 2.05) is 17.5 Å². The summed E-state index contributed by atoms with van der Waals surface area (Å²) in [5, 5.41) is 10.2. The van der Waals surface area contributed by atoms with Gasteiger partial charge in [0.25, 0.3) is 11.8 Å². The average Bonchev–Trinajstić information content (AvgIpc) is 3.32. The van der Waals surface area contributed by atoms with Crippen LogP contribution in [0.15, 0.2) is 46.2 Å². The van der Waals surface area contributed by atoms with Crippen molar-refractivity contribution in [3.05, 3.63) is 59.0 Å². The van der Waals surface area contributed by atoms with Crippen LogP contribution in [-0.2, 0) is 0 Å². The van der Waals surface area contributed by atoms with Gasteiger partial charge >= 0.3 is 0 Å². The molecule has 1 fully saturated rings. The summed E-state index contributed by atoms with van der Waals surface area (Å²) in [6.07, 6.45) is 1.74. The second-order valence-corrected chi connectivity index (χ2v) is 6.97. The van der Waals surface area contributed by atoms with E-state index in [0.717, 1.165) is 17.7 Å². The first-order chi connectivity index (χ1) is 12.2. The summed E-state index contributed by atoms with van der Waals surface area (Å²) in [6.45, 7) is 1.15. The highest BCUT2D eigenvalue weighted by molar-refractivity contribution is 7.13. The number of thiophene rings is 1. The van der Waals surface area contributed by atoms with E-state index >= 15 is 0 Å². The van der Waals surface area contributed by atoms with Gasteiger partial charge in [0, 0.05) is 18.7 Å². The molecule has 1 aromatic carbocycles. The predicted molar refractivity (Wildman–Crippen MR) is 91.9 cm³/mol. The second-order valence-electron chi connectivity index (χ2n) is 6.02. The highest BCUT2D eigenvalue weighted by Gasteiger charge is 2.29. The number of aromatic nitrogens is 2. The van der Waals surface area contributed by atoms with Gasteiger partial charge in [0.2, 0.25) is 5.89 Å². The molecule has 3 heterocycles. The van der Waals surface area contributed by atoms with Crippen molar-refractivity contribution >= 4 is 17.2 Å². The Labute approximate surface area is 148 Å². The van der Waals surface area contributed by atoms with Crippen LogP contribution in [0.25, 0.3) is 10.8 Å². The molecule has 7 heteroatoms. The fraction of sp³-hybridized carbons (Fsp3) is 0.278. The van der Waals surface area contributed by atoms with E-state index in [1.165, 1.54) is 12.1 Å². The summed E-state index contributed by atoms with van der Waals surface area (Å²) >= 11 is 1.54. The quantitative estimate of drug-likeness (QED) is 0.712. The number of hydrogen-bond acceptors (Lipinski definition) is 5. The molecule has 25 heavy (non-hydrogen) atoms. The molecule has 0 spiro atoms. The molecule has 128 valence electrons. The third kappa shape index (κ3) is 3.32. The van der Waals surface area contributed by atoms with Gasteiger partial charge in [-0.25, -0.2) is 4.39 Å². The number of rotatable bonds is 3. The lowest BCUT2D eigenvalue weighted by Gasteiger charge is -2.31. The fourth-order valence-corrected chi connectivity index (χ4v) is 3.71. The van der Waals surface area contributed by atoms with Crippen LogP contribution >= 0.6 is 11.3 Å². The lowest BCUT2D eigenvalue weighted by atomic mass is 9.97. The van der Waals surface area contributed by atoms with Gasteiger partial charge in [-0.15, -0.1) is 21.5 Å². The first-order valence-electron chi connectivity index (χ1n) is 8.13. The Morgan fingerprint density at radius 1 is 1.28 bits per heavy atom. The molecule has 5 nitrogen and oxygen atoms in total. The third-order valence-corrected chi connectivity index (χ3v) is 5.16. The summed E-state index contributed by atoms with van der Waals surface area (Å²) in [6, 6.07) is 9.66. The van der Waals surface area contributed by atoms with Crippen molar-refractivity contribution in [2.45, 2.75) is 18.8 Å². The van der Waals surface area contributed by atoms with Gasteiger partial charge < -0.3 is 9.32 Å². The molecule has 1 aliphatic rings. The zero-order valence-electron chi connectivity index (χ0n) is 13.4. The van der Waals surface area contributed by atoms with Gasteiger partial charge in [0.15, 0.2) is 0 Å². The van der Waals surface area contributed by atoms with Crippen LogP contribution in [0.3, 0.4) is 0 Å². The molecule has 3 aromatic rings. The third-order valence-electron chi connectivity index (χ3n) is 4.30. The zero-order chi connectivity index (χ0) is 17.2. The van der Waals surface area contributed by atoms with Gasteiger partial charge in [-0.3, -0.25) is 4.79 Å². The molecule has 1 amide bonds. The Morgan fingerprint density at radius 2 is 2.20 bits per heavy atom. The number of carbonyl (C=O) groups excluding carboxylic acids is 1. The van der Waals surface area contributed by atoms with E-state index in [0.29, 0.717) is 30.4 Å². The van der Waals surface area contributed by atoms with Gasteiger partial charge in [-0.1, -0.05) is 12.1 Å². The Bertz CT molecular complexity index is 878. The summed E-state index contributed by atoms with van der Waals surface area (Å²) < 4.78 is 19.2. The maximum absolute atomic E-state index is 13.4. The van der Waals surface area contributed by atoms with Crippen LogP contribution in [0.1, 0.15) is 35.0 Å². The first-order valence-corrected chi connectivity index (χ1v) is 9.01. The molecule has 0 aliphatic carbocycles. The standard InChI is InChI=1S/C18H16FN3O2S/c19-14-6-1-4-12(10-14)18(23)22-8-2-5-13(11-22)16-20-21-17(24-16)15-7-3-9-25-15/h1,3-4,6-7,9-10,13H,2,5,8,11H2/t13-/m0/s1. The maximum atomic E-state index is 13.4. The summed E-state index contributed by atoms with van der Waals surface area (Å²) in [7, 11) is 0. The fourth-order valence-electron chi connectivity index (χ4n) is 3.07. The summed E-state index contributed by atoms with van der Waals surface area (Å²) in [5.41, 5.74) is 0.366. The van der Waals surface area contributed by atoms with Gasteiger partial charge in [-0.2, -0.15) is 0 Å². The van der Waals surface area contributed by atoms with Crippen molar-refractivity contribution in [1.82, 2.24) is 15.1 Å². The van der Waals surface area contributed by atoms with Crippen LogP contribution in [-0.4, -0.2) is 34.1 Å². The summed E-state index contributed by atoms with van der Waals surface area (Å²) in [5.74, 6) is 0.505. The van der Waals surface area contributed by atoms with Gasteiger partial charge in [0.1, 0.15) is 5.82 Å². The van der Waals surface area contributed by atoms with Crippen molar-refractivity contribution in [3.63, 3.8) is 0 Å². The normalized spacial score (nSPS) is 17.6. The SMILES string of the molecule is O=C(c1cccc(F)c1)N1CCC[C@H](c2nnc(-c3cccs3)o2)C1. The Balaban J connectivity index is 1.50. The van der Waals surface area contributed by atoms with Crippen LogP contribution in [0, 0.1) is 5.82 Å². The van der Waals surface area contributed by atoms with E-state index < -0.39 is 5.82 Å². The molecule has 0 saturated carbocycles. The maximum Gasteiger partial charge on any atom is 0.257 e. The van der Waals surface area contributed by atoms with Crippen molar-refractivity contribution in [3.8, 4) is 10.8 Å². The summed E-state index contributed by atoms with van der Waals surface area (Å²) in [4.78, 5) is 15.3. The molecule has 2 aromatic heterocycles.